The van der Waals surface area contributed by atoms with Gasteiger partial charge in [0, 0.05) is 13.6 Å². The Morgan fingerprint density at radius 3 is 2.83 bits per heavy atom. The van der Waals surface area contributed by atoms with Crippen molar-refractivity contribution in [1.29, 1.82) is 0 Å². The molecule has 0 radical (unpaired) electrons. The van der Waals surface area contributed by atoms with Gasteiger partial charge in [0.2, 0.25) is 5.95 Å². The molecule has 0 unspecified atom stereocenters. The molecule has 0 aromatic carbocycles. The number of likely N-dealkylation sites (tertiary alicyclic amines) is 1. The van der Waals surface area contributed by atoms with E-state index in [0.29, 0.717) is 16.9 Å². The SMILES string of the molecule is CNc1ncc(Cl)c(NCC2CCN(C)CC2)n1. The fraction of sp³-hybridized carbons (Fsp3) is 0.667. The minimum absolute atomic E-state index is 0.571. The molecule has 0 aliphatic carbocycles. The van der Waals surface area contributed by atoms with E-state index in [0.717, 1.165) is 12.4 Å². The lowest BCUT2D eigenvalue weighted by atomic mass is 9.97. The lowest BCUT2D eigenvalue weighted by Crippen LogP contribution is -2.33. The minimum atomic E-state index is 0.571. The van der Waals surface area contributed by atoms with Crippen LogP contribution in [0.3, 0.4) is 0 Å². The molecule has 0 saturated carbocycles. The zero-order valence-corrected chi connectivity index (χ0v) is 11.7. The average Bonchev–Trinajstić information content (AvgIpc) is 2.40. The molecule has 6 heteroatoms. The third kappa shape index (κ3) is 3.46. The van der Waals surface area contributed by atoms with E-state index in [1.165, 1.54) is 25.9 Å². The summed E-state index contributed by atoms with van der Waals surface area (Å²) >= 11 is 6.07. The second kappa shape index (κ2) is 6.20. The van der Waals surface area contributed by atoms with Crippen LogP contribution in [0.5, 0.6) is 0 Å². The highest BCUT2D eigenvalue weighted by Gasteiger charge is 2.17. The molecule has 2 rings (SSSR count). The topological polar surface area (TPSA) is 53.1 Å². The molecule has 1 saturated heterocycles. The van der Waals surface area contributed by atoms with E-state index in [2.05, 4.69) is 32.5 Å². The van der Waals surface area contributed by atoms with Gasteiger partial charge in [-0.3, -0.25) is 0 Å². The monoisotopic (exact) mass is 269 g/mol. The van der Waals surface area contributed by atoms with Gasteiger partial charge >= 0.3 is 0 Å². The van der Waals surface area contributed by atoms with Crippen LogP contribution in [-0.2, 0) is 0 Å². The van der Waals surface area contributed by atoms with Gasteiger partial charge in [-0.15, -0.1) is 0 Å². The zero-order valence-electron chi connectivity index (χ0n) is 10.9. The van der Waals surface area contributed by atoms with Crippen LogP contribution in [0, 0.1) is 5.92 Å². The molecule has 0 bridgehead atoms. The maximum absolute atomic E-state index is 6.07. The second-order valence-corrected chi connectivity index (χ2v) is 5.17. The first kappa shape index (κ1) is 13.4. The predicted octanol–water partition coefficient (Wildman–Crippen LogP) is 1.93. The highest BCUT2D eigenvalue weighted by Crippen LogP contribution is 2.21. The summed E-state index contributed by atoms with van der Waals surface area (Å²) in [4.78, 5) is 10.7. The first-order valence-corrected chi connectivity index (χ1v) is 6.69. The van der Waals surface area contributed by atoms with Crippen molar-refractivity contribution in [3.05, 3.63) is 11.2 Å². The van der Waals surface area contributed by atoms with E-state index in [1.54, 1.807) is 13.2 Å². The van der Waals surface area contributed by atoms with Gasteiger partial charge in [-0.25, -0.2) is 4.98 Å². The van der Waals surface area contributed by atoms with Crippen molar-refractivity contribution in [2.75, 3.05) is 44.4 Å². The van der Waals surface area contributed by atoms with E-state index in [-0.39, 0.29) is 0 Å². The molecule has 1 fully saturated rings. The third-order valence-electron chi connectivity index (χ3n) is 3.36. The van der Waals surface area contributed by atoms with Gasteiger partial charge in [0.1, 0.15) is 10.8 Å². The molecular formula is C12H20ClN5. The van der Waals surface area contributed by atoms with Crippen molar-refractivity contribution in [3.63, 3.8) is 0 Å². The highest BCUT2D eigenvalue weighted by atomic mass is 35.5. The van der Waals surface area contributed by atoms with Crippen molar-refractivity contribution >= 4 is 23.4 Å². The van der Waals surface area contributed by atoms with E-state index in [1.807, 2.05) is 0 Å². The maximum atomic E-state index is 6.07. The summed E-state index contributed by atoms with van der Waals surface area (Å²) in [5, 5.41) is 6.81. The molecule has 5 nitrogen and oxygen atoms in total. The largest absolute Gasteiger partial charge is 0.368 e. The van der Waals surface area contributed by atoms with E-state index in [9.17, 15) is 0 Å². The smallest absolute Gasteiger partial charge is 0.224 e. The normalized spacial score (nSPS) is 17.7. The number of nitrogens with zero attached hydrogens (tertiary/aromatic N) is 3. The number of piperidine rings is 1. The fourth-order valence-electron chi connectivity index (χ4n) is 2.12. The Morgan fingerprint density at radius 1 is 1.44 bits per heavy atom. The first-order chi connectivity index (χ1) is 8.69. The Morgan fingerprint density at radius 2 is 2.17 bits per heavy atom. The molecule has 0 atom stereocenters. The van der Waals surface area contributed by atoms with Gasteiger partial charge < -0.3 is 15.5 Å². The van der Waals surface area contributed by atoms with Gasteiger partial charge in [-0.1, -0.05) is 11.6 Å². The molecule has 2 N–H and O–H groups in total. The summed E-state index contributed by atoms with van der Waals surface area (Å²) in [5.41, 5.74) is 0. The number of aromatic nitrogens is 2. The number of halogens is 1. The Labute approximate surface area is 113 Å². The van der Waals surface area contributed by atoms with E-state index < -0.39 is 0 Å². The van der Waals surface area contributed by atoms with Crippen LogP contribution in [0.2, 0.25) is 5.02 Å². The van der Waals surface area contributed by atoms with Crippen LogP contribution in [-0.4, -0.2) is 48.6 Å². The van der Waals surface area contributed by atoms with Crippen LogP contribution in [0.15, 0.2) is 6.20 Å². The summed E-state index contributed by atoms with van der Waals surface area (Å²) < 4.78 is 0. The van der Waals surface area contributed by atoms with Gasteiger partial charge in [-0.2, -0.15) is 4.98 Å². The second-order valence-electron chi connectivity index (χ2n) is 4.77. The van der Waals surface area contributed by atoms with E-state index in [4.69, 9.17) is 11.6 Å². The van der Waals surface area contributed by atoms with Gasteiger partial charge in [0.15, 0.2) is 0 Å². The van der Waals surface area contributed by atoms with Crippen molar-refractivity contribution in [2.24, 2.45) is 5.92 Å². The summed E-state index contributed by atoms with van der Waals surface area (Å²) in [6.07, 6.45) is 4.08. The lowest BCUT2D eigenvalue weighted by molar-refractivity contribution is 0.226. The van der Waals surface area contributed by atoms with Crippen LogP contribution < -0.4 is 10.6 Å². The van der Waals surface area contributed by atoms with Crippen LogP contribution in [0.25, 0.3) is 0 Å². The fourth-order valence-corrected chi connectivity index (χ4v) is 2.28. The maximum Gasteiger partial charge on any atom is 0.224 e. The van der Waals surface area contributed by atoms with Gasteiger partial charge in [0.05, 0.1) is 6.20 Å². The van der Waals surface area contributed by atoms with Crippen LogP contribution >= 0.6 is 11.6 Å². The van der Waals surface area contributed by atoms with Crippen molar-refractivity contribution in [3.8, 4) is 0 Å². The average molecular weight is 270 g/mol. The summed E-state index contributed by atoms with van der Waals surface area (Å²) in [7, 11) is 3.97. The van der Waals surface area contributed by atoms with Crippen molar-refractivity contribution < 1.29 is 0 Å². The summed E-state index contributed by atoms with van der Waals surface area (Å²) in [6, 6.07) is 0. The molecule has 1 aromatic heterocycles. The molecule has 1 aromatic rings. The van der Waals surface area contributed by atoms with Crippen molar-refractivity contribution in [2.45, 2.75) is 12.8 Å². The Balaban J connectivity index is 1.89. The number of hydrogen-bond donors (Lipinski definition) is 2. The van der Waals surface area contributed by atoms with Crippen molar-refractivity contribution in [1.82, 2.24) is 14.9 Å². The van der Waals surface area contributed by atoms with Gasteiger partial charge in [0.25, 0.3) is 0 Å². The summed E-state index contributed by atoms with van der Waals surface area (Å²) in [5.74, 6) is 2.01. The molecule has 100 valence electrons. The third-order valence-corrected chi connectivity index (χ3v) is 3.64. The zero-order chi connectivity index (χ0) is 13.0. The molecule has 0 amide bonds. The number of anilines is 2. The summed E-state index contributed by atoms with van der Waals surface area (Å²) in [6.45, 7) is 3.27. The number of rotatable bonds is 4. The quantitative estimate of drug-likeness (QED) is 0.875. The molecule has 1 aliphatic heterocycles. The Kier molecular flexibility index (Phi) is 4.60. The molecule has 1 aliphatic rings. The molecular weight excluding hydrogens is 250 g/mol. The number of hydrogen-bond acceptors (Lipinski definition) is 5. The van der Waals surface area contributed by atoms with Crippen LogP contribution in [0.4, 0.5) is 11.8 Å². The first-order valence-electron chi connectivity index (χ1n) is 6.31. The Hall–Kier alpha value is -1.07. The Bertz CT molecular complexity index is 390. The van der Waals surface area contributed by atoms with E-state index >= 15 is 0 Å². The number of nitrogens with one attached hydrogen (secondary N) is 2. The van der Waals surface area contributed by atoms with Crippen LogP contribution in [0.1, 0.15) is 12.8 Å². The standard InChI is InChI=1S/C12H20ClN5/c1-14-12-16-8-10(13)11(17-12)15-7-9-3-5-18(2)6-4-9/h8-9H,3-7H2,1-2H3,(H2,14,15,16,17). The lowest BCUT2D eigenvalue weighted by Gasteiger charge is -2.29. The van der Waals surface area contributed by atoms with Gasteiger partial charge in [-0.05, 0) is 38.9 Å². The highest BCUT2D eigenvalue weighted by molar-refractivity contribution is 6.32. The minimum Gasteiger partial charge on any atom is -0.368 e. The molecule has 2 heterocycles. The molecule has 18 heavy (non-hydrogen) atoms. The predicted molar refractivity (Wildman–Crippen MR) is 75.3 cm³/mol. The molecule has 0 spiro atoms.